The molecule has 19 heavy (non-hydrogen) atoms. The number of hydrogen-bond donors (Lipinski definition) is 1. The van der Waals surface area contributed by atoms with Crippen LogP contribution in [0.15, 0.2) is 22.7 Å². The van der Waals surface area contributed by atoms with E-state index in [1.807, 2.05) is 23.1 Å². The van der Waals surface area contributed by atoms with E-state index in [-0.39, 0.29) is 0 Å². The monoisotopic (exact) mass is 345 g/mol. The van der Waals surface area contributed by atoms with Crippen LogP contribution in [0.25, 0.3) is 0 Å². The number of carboxylic acid groups (broad SMARTS) is 1. The van der Waals surface area contributed by atoms with E-state index >= 15 is 0 Å². The van der Waals surface area contributed by atoms with E-state index in [2.05, 4.69) is 15.9 Å². The molecule has 0 spiro atoms. The summed E-state index contributed by atoms with van der Waals surface area (Å²) in [4.78, 5) is 13.3. The summed E-state index contributed by atoms with van der Waals surface area (Å²) in [6, 6.07) is 5.36. The molecule has 2 rings (SSSR count). The van der Waals surface area contributed by atoms with E-state index in [0.717, 1.165) is 28.1 Å². The molecule has 0 amide bonds. The maximum atomic E-state index is 11.3. The van der Waals surface area contributed by atoms with Gasteiger partial charge >= 0.3 is 5.97 Å². The van der Waals surface area contributed by atoms with Crippen LogP contribution in [0.5, 0.6) is 5.75 Å². The highest BCUT2D eigenvalue weighted by Gasteiger charge is 2.29. The summed E-state index contributed by atoms with van der Waals surface area (Å²) in [6.07, 6.45) is 0. The third-order valence-electron chi connectivity index (χ3n) is 3.15. The normalized spacial score (nSPS) is 20.2. The van der Waals surface area contributed by atoms with Gasteiger partial charge in [-0.2, -0.15) is 11.8 Å². The molecule has 0 aliphatic carbocycles. The molecule has 1 aliphatic rings. The SMILES string of the molecule is COc1ccc(Br)c(CN2CCSCC2C(=O)O)c1. The number of rotatable bonds is 4. The Balaban J connectivity index is 2.16. The van der Waals surface area contributed by atoms with E-state index in [9.17, 15) is 9.90 Å². The van der Waals surface area contributed by atoms with Gasteiger partial charge in [0, 0.05) is 29.1 Å². The van der Waals surface area contributed by atoms with Crippen molar-refractivity contribution < 1.29 is 14.6 Å². The average Bonchev–Trinajstić information content (AvgIpc) is 2.41. The summed E-state index contributed by atoms with van der Waals surface area (Å²) in [5, 5.41) is 9.27. The third-order valence-corrected chi connectivity index (χ3v) is 4.95. The van der Waals surface area contributed by atoms with Crippen molar-refractivity contribution in [3.8, 4) is 5.75 Å². The van der Waals surface area contributed by atoms with Gasteiger partial charge in [0.15, 0.2) is 0 Å². The Kier molecular flexibility index (Phi) is 5.13. The third kappa shape index (κ3) is 3.64. The lowest BCUT2D eigenvalue weighted by molar-refractivity contribution is -0.142. The van der Waals surface area contributed by atoms with E-state index in [1.54, 1.807) is 18.9 Å². The Morgan fingerprint density at radius 1 is 1.63 bits per heavy atom. The minimum absolute atomic E-state index is 0.406. The van der Waals surface area contributed by atoms with Crippen molar-refractivity contribution in [1.82, 2.24) is 4.90 Å². The molecule has 0 aromatic heterocycles. The van der Waals surface area contributed by atoms with Gasteiger partial charge in [0.05, 0.1) is 7.11 Å². The van der Waals surface area contributed by atoms with Crippen LogP contribution in [0.3, 0.4) is 0 Å². The molecule has 1 aromatic rings. The molecule has 1 N–H and O–H groups in total. The lowest BCUT2D eigenvalue weighted by Gasteiger charge is -2.32. The molecule has 104 valence electrons. The highest BCUT2D eigenvalue weighted by atomic mass is 79.9. The van der Waals surface area contributed by atoms with Gasteiger partial charge < -0.3 is 9.84 Å². The quantitative estimate of drug-likeness (QED) is 0.908. The maximum absolute atomic E-state index is 11.3. The zero-order valence-electron chi connectivity index (χ0n) is 10.6. The maximum Gasteiger partial charge on any atom is 0.321 e. The number of methoxy groups -OCH3 is 1. The van der Waals surface area contributed by atoms with Crippen LogP contribution in [-0.2, 0) is 11.3 Å². The molecule has 1 atom stereocenters. The second kappa shape index (κ2) is 6.63. The number of halogens is 1. The predicted molar refractivity (Wildman–Crippen MR) is 79.9 cm³/mol. The summed E-state index contributed by atoms with van der Waals surface area (Å²) in [7, 11) is 1.63. The van der Waals surface area contributed by atoms with Crippen molar-refractivity contribution in [2.24, 2.45) is 0 Å². The molecular weight excluding hydrogens is 330 g/mol. The first-order valence-corrected chi connectivity index (χ1v) is 7.93. The topological polar surface area (TPSA) is 49.8 Å². The second-order valence-corrected chi connectivity index (χ2v) is 6.36. The number of aliphatic carboxylic acids is 1. The van der Waals surface area contributed by atoms with Crippen LogP contribution in [0.4, 0.5) is 0 Å². The Morgan fingerprint density at radius 3 is 3.11 bits per heavy atom. The van der Waals surface area contributed by atoms with Gasteiger partial charge in [-0.3, -0.25) is 9.69 Å². The van der Waals surface area contributed by atoms with Crippen LogP contribution < -0.4 is 4.74 Å². The van der Waals surface area contributed by atoms with Crippen LogP contribution in [-0.4, -0.2) is 47.2 Å². The molecule has 1 aliphatic heterocycles. The number of nitrogens with zero attached hydrogens (tertiary/aromatic N) is 1. The van der Waals surface area contributed by atoms with Gasteiger partial charge in [-0.15, -0.1) is 0 Å². The summed E-state index contributed by atoms with van der Waals surface area (Å²) >= 11 is 5.21. The van der Waals surface area contributed by atoms with Crippen LogP contribution in [0.2, 0.25) is 0 Å². The van der Waals surface area contributed by atoms with Gasteiger partial charge in [0.2, 0.25) is 0 Å². The Labute approximate surface area is 125 Å². The standard InChI is InChI=1S/C13H16BrNO3S/c1-18-10-2-3-11(14)9(6-10)7-15-4-5-19-8-12(15)13(16)17/h2-3,6,12H,4-5,7-8H2,1H3,(H,16,17). The van der Waals surface area contributed by atoms with Crippen LogP contribution in [0.1, 0.15) is 5.56 Å². The lowest BCUT2D eigenvalue weighted by atomic mass is 10.1. The highest BCUT2D eigenvalue weighted by molar-refractivity contribution is 9.10. The fourth-order valence-corrected chi connectivity index (χ4v) is 3.55. The first kappa shape index (κ1) is 14.7. The van der Waals surface area contributed by atoms with Crippen LogP contribution >= 0.6 is 27.7 Å². The smallest absolute Gasteiger partial charge is 0.321 e. The average molecular weight is 346 g/mol. The largest absolute Gasteiger partial charge is 0.497 e. The van der Waals surface area contributed by atoms with Gasteiger partial charge in [-0.05, 0) is 23.8 Å². The van der Waals surface area contributed by atoms with E-state index in [0.29, 0.717) is 12.3 Å². The second-order valence-electron chi connectivity index (χ2n) is 4.36. The molecule has 0 radical (unpaired) electrons. The summed E-state index contributed by atoms with van der Waals surface area (Å²) < 4.78 is 6.20. The van der Waals surface area contributed by atoms with Gasteiger partial charge in [-0.25, -0.2) is 0 Å². The van der Waals surface area contributed by atoms with Crippen molar-refractivity contribution in [1.29, 1.82) is 0 Å². The number of thioether (sulfide) groups is 1. The molecule has 0 saturated carbocycles. The van der Waals surface area contributed by atoms with Gasteiger partial charge in [0.1, 0.15) is 11.8 Å². The zero-order chi connectivity index (χ0) is 13.8. The van der Waals surface area contributed by atoms with Gasteiger partial charge in [-0.1, -0.05) is 15.9 Å². The molecule has 1 heterocycles. The summed E-state index contributed by atoms with van der Waals surface area (Å²) in [6.45, 7) is 1.42. The fraction of sp³-hybridized carbons (Fsp3) is 0.462. The van der Waals surface area contributed by atoms with Crippen molar-refractivity contribution in [3.63, 3.8) is 0 Å². The molecule has 6 heteroatoms. The summed E-state index contributed by atoms with van der Waals surface area (Å²) in [5.41, 5.74) is 1.05. The zero-order valence-corrected chi connectivity index (χ0v) is 13.0. The molecule has 1 aromatic carbocycles. The Morgan fingerprint density at radius 2 is 2.42 bits per heavy atom. The predicted octanol–water partition coefficient (Wildman–Crippen LogP) is 2.46. The van der Waals surface area contributed by atoms with E-state index < -0.39 is 12.0 Å². The molecular formula is C13H16BrNO3S. The molecule has 0 bridgehead atoms. The van der Waals surface area contributed by atoms with Crippen molar-refractivity contribution in [2.45, 2.75) is 12.6 Å². The first-order chi connectivity index (χ1) is 9.11. The minimum atomic E-state index is -0.744. The first-order valence-electron chi connectivity index (χ1n) is 5.99. The molecule has 1 fully saturated rings. The van der Waals surface area contributed by atoms with Crippen molar-refractivity contribution in [2.75, 3.05) is 25.2 Å². The summed E-state index contributed by atoms with van der Waals surface area (Å²) in [5.74, 6) is 1.67. The Bertz CT molecular complexity index is 469. The van der Waals surface area contributed by atoms with E-state index in [4.69, 9.17) is 4.74 Å². The molecule has 4 nitrogen and oxygen atoms in total. The minimum Gasteiger partial charge on any atom is -0.497 e. The van der Waals surface area contributed by atoms with Crippen molar-refractivity contribution >= 4 is 33.7 Å². The van der Waals surface area contributed by atoms with E-state index in [1.165, 1.54) is 0 Å². The molecule has 1 unspecified atom stereocenters. The Hall–Kier alpha value is -0.720. The number of carboxylic acids is 1. The number of hydrogen-bond acceptors (Lipinski definition) is 4. The van der Waals surface area contributed by atoms with Crippen LogP contribution in [0, 0.1) is 0 Å². The fourth-order valence-electron chi connectivity index (χ4n) is 2.07. The lowest BCUT2D eigenvalue weighted by Crippen LogP contribution is -2.46. The number of ether oxygens (including phenoxy) is 1. The number of benzene rings is 1. The highest BCUT2D eigenvalue weighted by Crippen LogP contribution is 2.26. The number of carbonyl (C=O) groups is 1. The van der Waals surface area contributed by atoms with Crippen molar-refractivity contribution in [3.05, 3.63) is 28.2 Å². The molecule has 1 saturated heterocycles. The van der Waals surface area contributed by atoms with Gasteiger partial charge in [0.25, 0.3) is 0 Å².